The number of methoxy groups -OCH3 is 3. The highest BCUT2D eigenvalue weighted by Crippen LogP contribution is 2.49. The van der Waals surface area contributed by atoms with Crippen molar-refractivity contribution in [2.75, 3.05) is 21.3 Å². The van der Waals surface area contributed by atoms with E-state index < -0.39 is 5.97 Å². The lowest BCUT2D eigenvalue weighted by Gasteiger charge is -2.27. The molecule has 33 heavy (non-hydrogen) atoms. The summed E-state index contributed by atoms with van der Waals surface area (Å²) in [5.41, 5.74) is 3.10. The number of carboxylic acid groups (broad SMARTS) is 1. The molecule has 1 aliphatic carbocycles. The molecule has 174 valence electrons. The highest BCUT2D eigenvalue weighted by Gasteiger charge is 2.36. The van der Waals surface area contributed by atoms with Crippen LogP contribution in [0.25, 0.3) is 0 Å². The van der Waals surface area contributed by atoms with Crippen molar-refractivity contribution in [2.24, 2.45) is 0 Å². The van der Waals surface area contributed by atoms with Gasteiger partial charge in [-0.3, -0.25) is 4.68 Å². The van der Waals surface area contributed by atoms with E-state index in [1.54, 1.807) is 17.9 Å². The normalized spacial score (nSPS) is 15.1. The molecule has 0 saturated carbocycles. The molecule has 7 nitrogen and oxygen atoms in total. The van der Waals surface area contributed by atoms with Crippen molar-refractivity contribution in [1.29, 1.82) is 0 Å². The zero-order valence-corrected chi connectivity index (χ0v) is 20.0. The van der Waals surface area contributed by atoms with E-state index in [2.05, 4.69) is 5.10 Å². The predicted molar refractivity (Wildman–Crippen MR) is 126 cm³/mol. The van der Waals surface area contributed by atoms with E-state index in [1.165, 1.54) is 14.2 Å². The van der Waals surface area contributed by atoms with Crippen LogP contribution >= 0.6 is 23.2 Å². The Morgan fingerprint density at radius 3 is 2.24 bits per heavy atom. The summed E-state index contributed by atoms with van der Waals surface area (Å²) < 4.78 is 17.8. The number of nitrogens with zero attached hydrogens (tertiary/aromatic N) is 2. The topological polar surface area (TPSA) is 82.8 Å². The fourth-order valence-corrected chi connectivity index (χ4v) is 5.21. The summed E-state index contributed by atoms with van der Waals surface area (Å²) in [4.78, 5) is 12.2. The summed E-state index contributed by atoms with van der Waals surface area (Å²) in [6.45, 7) is 0.440. The van der Waals surface area contributed by atoms with Gasteiger partial charge in [-0.15, -0.1) is 0 Å². The molecule has 0 aliphatic heterocycles. The first-order chi connectivity index (χ1) is 15.9. The summed E-state index contributed by atoms with van der Waals surface area (Å²) >= 11 is 13.4. The quantitative estimate of drug-likeness (QED) is 0.475. The van der Waals surface area contributed by atoms with Crippen LogP contribution in [0.5, 0.6) is 17.2 Å². The highest BCUT2D eigenvalue weighted by atomic mass is 35.5. The van der Waals surface area contributed by atoms with E-state index in [4.69, 9.17) is 37.4 Å². The van der Waals surface area contributed by atoms with Gasteiger partial charge in [-0.25, -0.2) is 4.79 Å². The van der Waals surface area contributed by atoms with Gasteiger partial charge >= 0.3 is 5.97 Å². The molecule has 1 aliphatic rings. The third-order valence-corrected chi connectivity index (χ3v) is 6.78. The Balaban J connectivity index is 1.85. The number of aromatic nitrogens is 2. The fraction of sp³-hybridized carbons (Fsp3) is 0.333. The molecule has 2 aromatic carbocycles. The van der Waals surface area contributed by atoms with Crippen LogP contribution in [0.4, 0.5) is 0 Å². The van der Waals surface area contributed by atoms with Crippen molar-refractivity contribution in [1.82, 2.24) is 9.78 Å². The molecule has 1 unspecified atom stereocenters. The lowest BCUT2D eigenvalue weighted by atomic mass is 9.80. The maximum Gasteiger partial charge on any atom is 0.356 e. The number of aromatic carboxylic acids is 1. The first-order valence-corrected chi connectivity index (χ1v) is 11.2. The second kappa shape index (κ2) is 9.53. The number of carbonyl (C=O) groups is 1. The van der Waals surface area contributed by atoms with Gasteiger partial charge in [-0.05, 0) is 37.0 Å². The van der Waals surface area contributed by atoms with Gasteiger partial charge in [0.15, 0.2) is 5.69 Å². The number of hydrogen-bond donors (Lipinski definition) is 1. The maximum atomic E-state index is 12.2. The van der Waals surface area contributed by atoms with Gasteiger partial charge in [-0.2, -0.15) is 5.10 Å². The van der Waals surface area contributed by atoms with Crippen LogP contribution in [0, 0.1) is 0 Å². The lowest BCUT2D eigenvalue weighted by Crippen LogP contribution is -2.16. The molecule has 0 saturated heterocycles. The van der Waals surface area contributed by atoms with Crippen LogP contribution in [0.1, 0.15) is 51.6 Å². The average molecular weight is 491 g/mol. The second-order valence-corrected chi connectivity index (χ2v) is 8.54. The van der Waals surface area contributed by atoms with Crippen molar-refractivity contribution in [3.05, 3.63) is 68.5 Å². The van der Waals surface area contributed by atoms with Gasteiger partial charge in [-0.1, -0.05) is 35.3 Å². The average Bonchev–Trinajstić information content (AvgIpc) is 3.19. The monoisotopic (exact) mass is 490 g/mol. The van der Waals surface area contributed by atoms with Gasteiger partial charge in [0, 0.05) is 28.8 Å². The minimum atomic E-state index is -1.09. The first-order valence-electron chi connectivity index (χ1n) is 10.4. The number of rotatable bonds is 7. The predicted octanol–water partition coefficient (Wildman–Crippen LogP) is 5.43. The molecule has 1 atom stereocenters. The smallest absolute Gasteiger partial charge is 0.356 e. The number of hydrogen-bond acceptors (Lipinski definition) is 5. The summed E-state index contributed by atoms with van der Waals surface area (Å²) in [6, 6.07) is 9.24. The van der Waals surface area contributed by atoms with Gasteiger partial charge in [0.25, 0.3) is 0 Å². The van der Waals surface area contributed by atoms with E-state index in [0.717, 1.165) is 23.4 Å². The molecule has 9 heteroatoms. The first kappa shape index (κ1) is 23.3. The van der Waals surface area contributed by atoms with Crippen molar-refractivity contribution >= 4 is 29.2 Å². The van der Waals surface area contributed by atoms with Gasteiger partial charge in [0.1, 0.15) is 17.2 Å². The third-order valence-electron chi connectivity index (χ3n) is 6.00. The Morgan fingerprint density at radius 2 is 1.70 bits per heavy atom. The highest BCUT2D eigenvalue weighted by molar-refractivity contribution is 6.38. The van der Waals surface area contributed by atoms with Crippen LogP contribution in [0.2, 0.25) is 10.0 Å². The summed E-state index contributed by atoms with van der Waals surface area (Å²) in [6.07, 6.45) is 2.22. The molecule has 1 heterocycles. The number of fused-ring (bicyclic) bond motifs is 1. The summed E-state index contributed by atoms with van der Waals surface area (Å²) in [5, 5.41) is 15.2. The minimum absolute atomic E-state index is 0.0112. The number of carboxylic acids is 1. The van der Waals surface area contributed by atoms with Crippen molar-refractivity contribution in [3.63, 3.8) is 0 Å². The molecule has 0 bridgehead atoms. The van der Waals surface area contributed by atoms with Crippen LogP contribution < -0.4 is 14.2 Å². The maximum absolute atomic E-state index is 12.2. The van der Waals surface area contributed by atoms with E-state index in [1.807, 2.05) is 24.3 Å². The van der Waals surface area contributed by atoms with Gasteiger partial charge in [0.2, 0.25) is 0 Å². The Labute approximate surface area is 201 Å². The number of benzene rings is 2. The molecular weight excluding hydrogens is 467 g/mol. The zero-order valence-electron chi connectivity index (χ0n) is 18.5. The molecule has 3 aromatic rings. The van der Waals surface area contributed by atoms with Crippen molar-refractivity contribution in [3.8, 4) is 17.2 Å². The number of halogens is 2. The lowest BCUT2D eigenvalue weighted by molar-refractivity contribution is 0.0688. The van der Waals surface area contributed by atoms with E-state index in [-0.39, 0.29) is 11.6 Å². The third kappa shape index (κ3) is 4.23. The summed E-state index contributed by atoms with van der Waals surface area (Å²) in [5.74, 6) is 0.149. The van der Waals surface area contributed by atoms with E-state index >= 15 is 0 Å². The SMILES string of the molecule is COc1ccc(Cn2nc(C(=O)O)c3c2CCCC3c2c(Cl)c(OC)cc(OC)c2Cl)cc1. The van der Waals surface area contributed by atoms with Gasteiger partial charge in [0.05, 0.1) is 37.9 Å². The van der Waals surface area contributed by atoms with Crippen LogP contribution in [0.15, 0.2) is 30.3 Å². The molecule has 4 rings (SSSR count). The van der Waals surface area contributed by atoms with E-state index in [0.29, 0.717) is 52.1 Å². The second-order valence-electron chi connectivity index (χ2n) is 7.79. The summed E-state index contributed by atoms with van der Waals surface area (Å²) in [7, 11) is 4.64. The van der Waals surface area contributed by atoms with Crippen LogP contribution in [-0.2, 0) is 13.0 Å². The molecule has 0 amide bonds. The largest absolute Gasteiger partial charge is 0.497 e. The molecule has 0 radical (unpaired) electrons. The Bertz CT molecular complexity index is 1160. The Morgan fingerprint density at radius 1 is 1.06 bits per heavy atom. The van der Waals surface area contributed by atoms with Crippen LogP contribution in [-0.4, -0.2) is 42.2 Å². The fourth-order valence-electron chi connectivity index (χ4n) is 4.45. The van der Waals surface area contributed by atoms with Gasteiger partial charge < -0.3 is 19.3 Å². The minimum Gasteiger partial charge on any atom is -0.497 e. The molecule has 0 spiro atoms. The van der Waals surface area contributed by atoms with Crippen molar-refractivity contribution in [2.45, 2.75) is 31.7 Å². The molecule has 1 N–H and O–H groups in total. The molecular formula is C24H24Cl2N2O5. The molecule has 1 aromatic heterocycles. The Kier molecular flexibility index (Phi) is 6.72. The zero-order chi connectivity index (χ0) is 23.7. The van der Waals surface area contributed by atoms with Crippen LogP contribution in [0.3, 0.4) is 0 Å². The Hall–Kier alpha value is -2.90. The number of ether oxygens (including phenoxy) is 3. The standard InChI is InChI=1S/C24H24Cl2N2O5/c1-31-14-9-7-13(8-10-14)12-28-16-6-4-5-15(19(16)23(27-28)24(29)30)20-21(25)17(32-2)11-18(33-3)22(20)26/h7-11,15H,4-6,12H2,1-3H3,(H,29,30). The van der Waals surface area contributed by atoms with E-state index in [9.17, 15) is 9.90 Å². The molecule has 0 fully saturated rings. The van der Waals surface area contributed by atoms with Crippen molar-refractivity contribution < 1.29 is 24.1 Å².